The molecule has 0 saturated carbocycles. The molecule has 0 atom stereocenters. The Balaban J connectivity index is 1.70. The molecule has 3 N–H and O–H groups in total. The van der Waals surface area contributed by atoms with Gasteiger partial charge in [-0.3, -0.25) is 9.59 Å². The minimum Gasteiger partial charge on any atom is -0.506 e. The molecular weight excluding hydrogens is 382 g/mol. The van der Waals surface area contributed by atoms with Crippen molar-refractivity contribution in [2.75, 3.05) is 5.32 Å². The van der Waals surface area contributed by atoms with Crippen LogP contribution >= 0.6 is 0 Å². The largest absolute Gasteiger partial charge is 0.506 e. The van der Waals surface area contributed by atoms with Crippen LogP contribution in [0.25, 0.3) is 11.0 Å². The molecule has 29 heavy (non-hydrogen) atoms. The molecule has 7 nitrogen and oxygen atoms in total. The van der Waals surface area contributed by atoms with Crippen molar-refractivity contribution in [1.29, 1.82) is 0 Å². The van der Waals surface area contributed by atoms with Gasteiger partial charge in [0.1, 0.15) is 28.6 Å². The number of halogens is 2. The zero-order valence-electron chi connectivity index (χ0n) is 14.8. The Morgan fingerprint density at radius 1 is 1.14 bits per heavy atom. The first-order valence-electron chi connectivity index (χ1n) is 8.54. The fraction of sp³-hybridized carbons (Fsp3) is 0.0500. The Bertz CT molecular complexity index is 1260. The summed E-state index contributed by atoms with van der Waals surface area (Å²) in [7, 11) is 0. The lowest BCUT2D eigenvalue weighted by Crippen LogP contribution is -2.24. The van der Waals surface area contributed by atoms with Crippen molar-refractivity contribution in [3.05, 3.63) is 87.8 Å². The molecule has 0 radical (unpaired) electrons. The zero-order valence-corrected chi connectivity index (χ0v) is 14.8. The SMILES string of the molecule is O=C(Nc1cc(F)cc(F)c1)c1c(O)c2cnn(Cc3ccccc3)c2[nH]c1=O. The van der Waals surface area contributed by atoms with E-state index in [9.17, 15) is 23.5 Å². The molecule has 4 aromatic rings. The minimum absolute atomic E-state index is 0.163. The average molecular weight is 396 g/mol. The van der Waals surface area contributed by atoms with E-state index in [0.29, 0.717) is 12.6 Å². The average Bonchev–Trinajstić information content (AvgIpc) is 3.04. The molecule has 0 unspecified atom stereocenters. The van der Waals surface area contributed by atoms with Gasteiger partial charge < -0.3 is 15.4 Å². The van der Waals surface area contributed by atoms with Crippen molar-refractivity contribution in [2.24, 2.45) is 0 Å². The number of aromatic hydroxyl groups is 1. The number of aromatic amines is 1. The van der Waals surface area contributed by atoms with Crippen LogP contribution in [0.2, 0.25) is 0 Å². The summed E-state index contributed by atoms with van der Waals surface area (Å²) >= 11 is 0. The molecule has 0 spiro atoms. The maximum Gasteiger partial charge on any atom is 0.266 e. The Kier molecular flexibility index (Phi) is 4.55. The van der Waals surface area contributed by atoms with Gasteiger partial charge in [-0.2, -0.15) is 5.10 Å². The highest BCUT2D eigenvalue weighted by molar-refractivity contribution is 6.08. The van der Waals surface area contributed by atoms with Crippen molar-refractivity contribution >= 4 is 22.6 Å². The number of nitrogens with zero attached hydrogens (tertiary/aromatic N) is 2. The molecule has 0 fully saturated rings. The highest BCUT2D eigenvalue weighted by Gasteiger charge is 2.22. The Hall–Kier alpha value is -4.01. The Morgan fingerprint density at radius 3 is 2.52 bits per heavy atom. The molecule has 146 valence electrons. The summed E-state index contributed by atoms with van der Waals surface area (Å²) < 4.78 is 28.1. The number of anilines is 1. The van der Waals surface area contributed by atoms with Crippen molar-refractivity contribution in [1.82, 2.24) is 14.8 Å². The lowest BCUT2D eigenvalue weighted by molar-refractivity contribution is 0.102. The van der Waals surface area contributed by atoms with Crippen LogP contribution in [0.15, 0.2) is 59.5 Å². The third-order valence-corrected chi connectivity index (χ3v) is 4.31. The summed E-state index contributed by atoms with van der Waals surface area (Å²) in [5, 5.41) is 17.0. The van der Waals surface area contributed by atoms with Crippen LogP contribution in [0.5, 0.6) is 5.75 Å². The lowest BCUT2D eigenvalue weighted by atomic mass is 10.2. The van der Waals surface area contributed by atoms with Gasteiger partial charge in [0, 0.05) is 11.8 Å². The number of nitrogens with one attached hydrogen (secondary N) is 2. The predicted molar refractivity (Wildman–Crippen MR) is 102 cm³/mol. The summed E-state index contributed by atoms with van der Waals surface area (Å²) in [6, 6.07) is 11.8. The van der Waals surface area contributed by atoms with Crippen LogP contribution in [-0.2, 0) is 6.54 Å². The van der Waals surface area contributed by atoms with Crippen LogP contribution in [-0.4, -0.2) is 25.8 Å². The van der Waals surface area contributed by atoms with Crippen LogP contribution in [0, 0.1) is 11.6 Å². The van der Waals surface area contributed by atoms with E-state index < -0.39 is 34.4 Å². The summed E-state index contributed by atoms with van der Waals surface area (Å²) in [4.78, 5) is 27.4. The quantitative estimate of drug-likeness (QED) is 0.494. The van der Waals surface area contributed by atoms with E-state index in [-0.39, 0.29) is 16.7 Å². The van der Waals surface area contributed by atoms with Crippen molar-refractivity contribution in [3.8, 4) is 5.75 Å². The van der Waals surface area contributed by atoms with Crippen LogP contribution in [0.4, 0.5) is 14.5 Å². The predicted octanol–water partition coefficient (Wildman–Crippen LogP) is 3.01. The van der Waals surface area contributed by atoms with Crippen LogP contribution in [0.1, 0.15) is 15.9 Å². The summed E-state index contributed by atoms with van der Waals surface area (Å²) in [5.74, 6) is -3.36. The monoisotopic (exact) mass is 396 g/mol. The minimum atomic E-state index is -1.01. The standard InChI is InChI=1S/C20H14F2N4O3/c21-12-6-13(22)8-14(7-12)24-19(28)16-17(27)15-9-23-26(18(15)25-20(16)29)10-11-4-2-1-3-5-11/h1-9H,10H2,(H,24,28)(H2,25,27,29). The van der Waals surface area contributed by atoms with Crippen molar-refractivity contribution < 1.29 is 18.7 Å². The van der Waals surface area contributed by atoms with E-state index in [2.05, 4.69) is 15.4 Å². The first kappa shape index (κ1) is 18.4. The molecule has 0 aliphatic carbocycles. The maximum absolute atomic E-state index is 13.3. The normalized spacial score (nSPS) is 11.0. The van der Waals surface area contributed by atoms with Gasteiger partial charge in [0.2, 0.25) is 0 Å². The van der Waals surface area contributed by atoms with E-state index in [1.807, 2.05) is 30.3 Å². The van der Waals surface area contributed by atoms with Gasteiger partial charge in [-0.05, 0) is 17.7 Å². The molecule has 2 aromatic carbocycles. The van der Waals surface area contributed by atoms with Gasteiger partial charge in [0.15, 0.2) is 0 Å². The smallest absolute Gasteiger partial charge is 0.266 e. The summed E-state index contributed by atoms with van der Waals surface area (Å²) in [6.45, 7) is 0.341. The highest BCUT2D eigenvalue weighted by Crippen LogP contribution is 2.26. The molecule has 2 heterocycles. The second-order valence-electron chi connectivity index (χ2n) is 6.34. The number of H-pyrrole nitrogens is 1. The van der Waals surface area contributed by atoms with Gasteiger partial charge in [0.25, 0.3) is 11.5 Å². The number of hydrogen-bond acceptors (Lipinski definition) is 4. The first-order chi connectivity index (χ1) is 13.9. The zero-order chi connectivity index (χ0) is 20.5. The van der Waals surface area contributed by atoms with E-state index >= 15 is 0 Å². The molecule has 4 rings (SSSR count). The number of amides is 1. The van der Waals surface area contributed by atoms with E-state index in [4.69, 9.17) is 0 Å². The fourth-order valence-electron chi connectivity index (χ4n) is 3.01. The third kappa shape index (κ3) is 3.57. The van der Waals surface area contributed by atoms with Crippen LogP contribution < -0.4 is 10.9 Å². The molecule has 9 heteroatoms. The van der Waals surface area contributed by atoms with Gasteiger partial charge in [-0.15, -0.1) is 0 Å². The number of fused-ring (bicyclic) bond motifs is 1. The number of pyridine rings is 1. The molecule has 0 bridgehead atoms. The number of carbonyl (C=O) groups is 1. The topological polar surface area (TPSA) is 100 Å². The number of hydrogen-bond donors (Lipinski definition) is 3. The second-order valence-corrected chi connectivity index (χ2v) is 6.34. The first-order valence-corrected chi connectivity index (χ1v) is 8.54. The molecular formula is C20H14F2N4O3. The highest BCUT2D eigenvalue weighted by atomic mass is 19.1. The van der Waals surface area contributed by atoms with Gasteiger partial charge in [-0.1, -0.05) is 30.3 Å². The van der Waals surface area contributed by atoms with Crippen LogP contribution in [0.3, 0.4) is 0 Å². The van der Waals surface area contributed by atoms with Crippen molar-refractivity contribution in [2.45, 2.75) is 6.54 Å². The van der Waals surface area contributed by atoms with E-state index in [1.165, 1.54) is 10.9 Å². The van der Waals surface area contributed by atoms with Crippen molar-refractivity contribution in [3.63, 3.8) is 0 Å². The Morgan fingerprint density at radius 2 is 1.83 bits per heavy atom. The van der Waals surface area contributed by atoms with Gasteiger partial charge in [-0.25, -0.2) is 13.5 Å². The summed E-state index contributed by atoms with van der Waals surface area (Å²) in [5.41, 5.74) is -0.468. The second kappa shape index (κ2) is 7.19. The molecule has 2 aromatic heterocycles. The lowest BCUT2D eigenvalue weighted by Gasteiger charge is -2.08. The number of aromatic nitrogens is 3. The summed E-state index contributed by atoms with van der Waals surface area (Å²) in [6.07, 6.45) is 1.32. The van der Waals surface area contributed by atoms with Gasteiger partial charge >= 0.3 is 0 Å². The molecule has 1 amide bonds. The van der Waals surface area contributed by atoms with E-state index in [1.54, 1.807) is 0 Å². The molecule has 0 saturated heterocycles. The molecule has 0 aliphatic heterocycles. The third-order valence-electron chi connectivity index (χ3n) is 4.31. The van der Waals surface area contributed by atoms with E-state index in [0.717, 1.165) is 17.7 Å². The number of benzene rings is 2. The fourth-order valence-corrected chi connectivity index (χ4v) is 3.01. The number of carbonyl (C=O) groups excluding carboxylic acids is 1. The molecule has 0 aliphatic rings. The number of rotatable bonds is 4. The Labute approximate surface area is 162 Å². The van der Waals surface area contributed by atoms with Gasteiger partial charge in [0.05, 0.1) is 18.1 Å². The maximum atomic E-state index is 13.3.